The second-order valence-corrected chi connectivity index (χ2v) is 8.27. The monoisotopic (exact) mass is 520 g/mol. The van der Waals surface area contributed by atoms with Gasteiger partial charge in [-0.3, -0.25) is 14.9 Å². The second kappa shape index (κ2) is 10.8. The number of benzene rings is 4. The van der Waals surface area contributed by atoms with Crippen molar-refractivity contribution in [3.8, 4) is 22.9 Å². The Balaban J connectivity index is 1.54. The molecule has 0 radical (unpaired) electrons. The van der Waals surface area contributed by atoms with Crippen molar-refractivity contribution < 1.29 is 19.2 Å². The molecule has 0 saturated carbocycles. The molecule has 0 bridgehead atoms. The van der Waals surface area contributed by atoms with Crippen molar-refractivity contribution in [3.05, 3.63) is 129 Å². The van der Waals surface area contributed by atoms with Crippen molar-refractivity contribution in [2.45, 2.75) is 0 Å². The van der Waals surface area contributed by atoms with Crippen LogP contribution in [0.2, 0.25) is 0 Å². The van der Waals surface area contributed by atoms with E-state index in [0.29, 0.717) is 33.3 Å². The number of nitro benzene ring substituents is 1. The number of carbonyl (C=O) groups excluding carboxylic acids is 1. The molecule has 0 aliphatic heterocycles. The van der Waals surface area contributed by atoms with Gasteiger partial charge in [0, 0.05) is 23.3 Å². The lowest BCUT2D eigenvalue weighted by molar-refractivity contribution is -0.384. The molecule has 10 nitrogen and oxygen atoms in total. The highest BCUT2D eigenvalue weighted by Crippen LogP contribution is 2.23. The van der Waals surface area contributed by atoms with E-state index >= 15 is 0 Å². The number of methoxy groups -OCH3 is 1. The van der Waals surface area contributed by atoms with Crippen LogP contribution in [0, 0.1) is 10.1 Å². The molecule has 0 amide bonds. The number of rotatable bonds is 7. The topological polar surface area (TPSA) is 126 Å². The molecule has 39 heavy (non-hydrogen) atoms. The van der Waals surface area contributed by atoms with E-state index in [9.17, 15) is 19.7 Å². The molecule has 192 valence electrons. The number of carbonyl (C=O) groups is 1. The number of hydrogen-bond donors (Lipinski definition) is 0. The minimum absolute atomic E-state index is 0.0930. The zero-order valence-electron chi connectivity index (χ0n) is 20.6. The van der Waals surface area contributed by atoms with Crippen LogP contribution in [0.4, 0.5) is 5.69 Å². The summed E-state index contributed by atoms with van der Waals surface area (Å²) in [6.45, 7) is 0. The van der Waals surface area contributed by atoms with Gasteiger partial charge in [-0.1, -0.05) is 24.3 Å². The highest BCUT2D eigenvalue weighted by atomic mass is 16.6. The smallest absolute Gasteiger partial charge is 0.343 e. The number of nitrogens with zero attached hydrogens (tertiary/aromatic N) is 4. The second-order valence-electron chi connectivity index (χ2n) is 8.27. The molecular weight excluding hydrogens is 500 g/mol. The van der Waals surface area contributed by atoms with E-state index in [2.05, 4.69) is 10.1 Å². The molecule has 1 aromatic heterocycles. The largest absolute Gasteiger partial charge is 0.497 e. The molecule has 0 spiro atoms. The first-order valence-electron chi connectivity index (χ1n) is 11.7. The molecule has 0 N–H and O–H groups in total. The maximum atomic E-state index is 13.4. The van der Waals surface area contributed by atoms with Crippen molar-refractivity contribution in [1.82, 2.24) is 9.66 Å². The first-order valence-corrected chi connectivity index (χ1v) is 11.7. The van der Waals surface area contributed by atoms with Gasteiger partial charge >= 0.3 is 5.97 Å². The minimum atomic E-state index is -0.574. The van der Waals surface area contributed by atoms with E-state index in [0.717, 1.165) is 4.68 Å². The van der Waals surface area contributed by atoms with Gasteiger partial charge in [0.2, 0.25) is 0 Å². The molecule has 0 atom stereocenters. The zero-order chi connectivity index (χ0) is 27.4. The molecule has 10 heteroatoms. The summed E-state index contributed by atoms with van der Waals surface area (Å²) in [7, 11) is 1.53. The van der Waals surface area contributed by atoms with Crippen LogP contribution in [-0.2, 0) is 0 Å². The molecule has 4 aromatic carbocycles. The molecule has 0 fully saturated rings. The van der Waals surface area contributed by atoms with Gasteiger partial charge in [-0.05, 0) is 60.7 Å². The number of hydrogen-bond acceptors (Lipinski definition) is 8. The molecular formula is C29H20N4O6. The number of nitro groups is 1. The van der Waals surface area contributed by atoms with Crippen LogP contribution in [0.25, 0.3) is 22.3 Å². The van der Waals surface area contributed by atoms with E-state index in [1.54, 1.807) is 72.8 Å². The van der Waals surface area contributed by atoms with Gasteiger partial charge in [0.25, 0.3) is 11.2 Å². The van der Waals surface area contributed by atoms with Crippen LogP contribution in [-0.4, -0.2) is 33.9 Å². The van der Waals surface area contributed by atoms with E-state index in [1.165, 1.54) is 37.6 Å². The van der Waals surface area contributed by atoms with E-state index in [1.807, 2.05) is 0 Å². The summed E-state index contributed by atoms with van der Waals surface area (Å²) in [4.78, 5) is 41.4. The predicted octanol–water partition coefficient (Wildman–Crippen LogP) is 5.08. The van der Waals surface area contributed by atoms with Crippen molar-refractivity contribution in [2.75, 3.05) is 7.11 Å². The number of esters is 1. The Labute approximate surface area is 221 Å². The lowest BCUT2D eigenvalue weighted by Gasteiger charge is -2.10. The Kier molecular flexibility index (Phi) is 6.91. The molecule has 1 heterocycles. The predicted molar refractivity (Wildman–Crippen MR) is 145 cm³/mol. The Hall–Kier alpha value is -5.64. The zero-order valence-corrected chi connectivity index (χ0v) is 20.6. The third-order valence-corrected chi connectivity index (χ3v) is 5.85. The van der Waals surface area contributed by atoms with Crippen LogP contribution in [0.1, 0.15) is 15.9 Å². The molecule has 5 rings (SSSR count). The lowest BCUT2D eigenvalue weighted by Crippen LogP contribution is -2.20. The summed E-state index contributed by atoms with van der Waals surface area (Å²) >= 11 is 0. The number of non-ortho nitro benzene ring substituents is 1. The van der Waals surface area contributed by atoms with Crippen molar-refractivity contribution in [2.24, 2.45) is 5.10 Å². The fourth-order valence-electron chi connectivity index (χ4n) is 3.84. The maximum Gasteiger partial charge on any atom is 0.343 e. The van der Waals surface area contributed by atoms with Crippen LogP contribution in [0.5, 0.6) is 11.5 Å². The average molecular weight is 521 g/mol. The summed E-state index contributed by atoms with van der Waals surface area (Å²) < 4.78 is 11.8. The van der Waals surface area contributed by atoms with Gasteiger partial charge < -0.3 is 9.47 Å². The average Bonchev–Trinajstić information content (AvgIpc) is 2.97. The molecule has 0 unspecified atom stereocenters. The van der Waals surface area contributed by atoms with E-state index < -0.39 is 16.5 Å². The van der Waals surface area contributed by atoms with Crippen molar-refractivity contribution in [1.29, 1.82) is 0 Å². The Morgan fingerprint density at radius 1 is 0.949 bits per heavy atom. The molecule has 0 aliphatic rings. The number of para-hydroxylation sites is 2. The first-order chi connectivity index (χ1) is 18.9. The van der Waals surface area contributed by atoms with E-state index in [4.69, 9.17) is 9.47 Å². The highest BCUT2D eigenvalue weighted by molar-refractivity contribution is 5.93. The molecule has 0 saturated heterocycles. The Morgan fingerprint density at radius 2 is 1.64 bits per heavy atom. The van der Waals surface area contributed by atoms with Gasteiger partial charge in [0.1, 0.15) is 11.5 Å². The summed E-state index contributed by atoms with van der Waals surface area (Å²) in [5, 5.41) is 15.8. The fraction of sp³-hybridized carbons (Fsp3) is 0.0345. The standard InChI is InChI=1S/C29H20N4O6/c1-38-23-16-12-20(13-17-23)29(35)39-26-9-5-2-6-21(26)18-30-32-27(19-10-14-22(15-11-19)33(36)37)31-25-8-4-3-7-24(25)28(32)34/h2-18H,1H3. The maximum absolute atomic E-state index is 13.4. The van der Waals surface area contributed by atoms with Crippen molar-refractivity contribution in [3.63, 3.8) is 0 Å². The van der Waals surface area contributed by atoms with Crippen molar-refractivity contribution >= 4 is 28.8 Å². The van der Waals surface area contributed by atoms with E-state index in [-0.39, 0.29) is 17.3 Å². The Bertz CT molecular complexity index is 1780. The minimum Gasteiger partial charge on any atom is -0.497 e. The SMILES string of the molecule is COc1ccc(C(=O)Oc2ccccc2C=Nn2c(-c3ccc([N+](=O)[O-])cc3)nc3ccccc3c2=O)cc1. The number of ether oxygens (including phenoxy) is 2. The Morgan fingerprint density at radius 3 is 2.36 bits per heavy atom. The molecule has 5 aromatic rings. The van der Waals surface area contributed by atoms with Gasteiger partial charge in [0.05, 0.1) is 34.7 Å². The van der Waals surface area contributed by atoms with Crippen LogP contribution in [0.3, 0.4) is 0 Å². The van der Waals surface area contributed by atoms with Gasteiger partial charge in [-0.25, -0.2) is 9.78 Å². The number of fused-ring (bicyclic) bond motifs is 1. The lowest BCUT2D eigenvalue weighted by atomic mass is 10.1. The third-order valence-electron chi connectivity index (χ3n) is 5.85. The van der Waals surface area contributed by atoms with Crippen LogP contribution in [0.15, 0.2) is 107 Å². The third kappa shape index (κ3) is 5.25. The van der Waals surface area contributed by atoms with Gasteiger partial charge in [-0.15, -0.1) is 0 Å². The van der Waals surface area contributed by atoms with Crippen LogP contribution < -0.4 is 15.0 Å². The highest BCUT2D eigenvalue weighted by Gasteiger charge is 2.15. The quantitative estimate of drug-likeness (QED) is 0.0963. The first kappa shape index (κ1) is 25.0. The molecule has 0 aliphatic carbocycles. The van der Waals surface area contributed by atoms with Crippen LogP contribution >= 0.6 is 0 Å². The summed E-state index contributed by atoms with van der Waals surface area (Å²) in [6, 6.07) is 25.7. The normalized spacial score (nSPS) is 11.0. The number of aromatic nitrogens is 2. The summed E-state index contributed by atoms with van der Waals surface area (Å²) in [5.74, 6) is 0.463. The summed E-state index contributed by atoms with van der Waals surface area (Å²) in [5.41, 5.74) is 1.16. The fourth-order valence-corrected chi connectivity index (χ4v) is 3.84. The summed E-state index contributed by atoms with van der Waals surface area (Å²) in [6.07, 6.45) is 1.39. The van der Waals surface area contributed by atoms with Gasteiger partial charge in [-0.2, -0.15) is 9.78 Å². The van der Waals surface area contributed by atoms with Gasteiger partial charge in [0.15, 0.2) is 5.82 Å².